The van der Waals surface area contributed by atoms with Crippen LogP contribution in [0.5, 0.6) is 0 Å². The Morgan fingerprint density at radius 2 is 1.82 bits per heavy atom. The number of hydrogen-bond acceptors (Lipinski definition) is 3. The molecule has 4 nitrogen and oxygen atoms in total. The average Bonchev–Trinajstić information content (AvgIpc) is 2.15. The second-order valence-corrected chi connectivity index (χ2v) is 6.00. The van der Waals surface area contributed by atoms with Gasteiger partial charge in [-0.05, 0) is 59.3 Å². The van der Waals surface area contributed by atoms with E-state index in [2.05, 4.69) is 5.32 Å². The zero-order valence-corrected chi connectivity index (χ0v) is 11.3. The summed E-state index contributed by atoms with van der Waals surface area (Å²) < 4.78 is 5.22. The van der Waals surface area contributed by atoms with Gasteiger partial charge in [0.25, 0.3) is 0 Å². The maximum Gasteiger partial charge on any atom is 0.407 e. The first-order valence-corrected chi connectivity index (χ1v) is 6.45. The molecule has 1 fully saturated rings. The van der Waals surface area contributed by atoms with Crippen molar-refractivity contribution in [2.45, 2.75) is 71.1 Å². The van der Waals surface area contributed by atoms with Crippen LogP contribution in [-0.2, 0) is 4.74 Å². The van der Waals surface area contributed by atoms with Crippen molar-refractivity contribution >= 4 is 6.09 Å². The maximum atomic E-state index is 11.6. The Labute approximate surface area is 104 Å². The van der Waals surface area contributed by atoms with E-state index in [4.69, 9.17) is 4.74 Å². The van der Waals surface area contributed by atoms with Gasteiger partial charge in [0.15, 0.2) is 0 Å². The monoisotopic (exact) mass is 243 g/mol. The summed E-state index contributed by atoms with van der Waals surface area (Å²) >= 11 is 0. The molecule has 1 amide bonds. The van der Waals surface area contributed by atoms with E-state index < -0.39 is 5.60 Å². The van der Waals surface area contributed by atoms with Gasteiger partial charge in [-0.2, -0.15) is 0 Å². The molecule has 0 saturated heterocycles. The molecule has 1 atom stereocenters. The van der Waals surface area contributed by atoms with Crippen LogP contribution in [0.3, 0.4) is 0 Å². The fraction of sp³-hybridized carbons (Fsp3) is 0.923. The fourth-order valence-corrected chi connectivity index (χ4v) is 2.21. The third-order valence-electron chi connectivity index (χ3n) is 3.19. The van der Waals surface area contributed by atoms with Crippen LogP contribution in [0, 0.1) is 5.92 Å². The number of alkyl carbamates (subject to hydrolysis) is 1. The molecular weight excluding hydrogens is 218 g/mol. The van der Waals surface area contributed by atoms with Crippen LogP contribution in [0.1, 0.15) is 53.4 Å². The summed E-state index contributed by atoms with van der Waals surface area (Å²) in [6, 6.07) is 0.109. The molecule has 1 aliphatic rings. The van der Waals surface area contributed by atoms with Gasteiger partial charge in [0, 0.05) is 6.04 Å². The molecule has 1 saturated carbocycles. The van der Waals surface area contributed by atoms with Gasteiger partial charge in [0.1, 0.15) is 5.60 Å². The molecule has 0 aliphatic heterocycles. The Hall–Kier alpha value is -0.770. The van der Waals surface area contributed by atoms with Crippen molar-refractivity contribution in [1.82, 2.24) is 5.32 Å². The third-order valence-corrected chi connectivity index (χ3v) is 3.19. The second kappa shape index (κ2) is 5.71. The molecule has 1 rings (SSSR count). The number of carbonyl (C=O) groups excluding carboxylic acids is 1. The minimum Gasteiger partial charge on any atom is -0.444 e. The molecular formula is C13H25NO3. The van der Waals surface area contributed by atoms with Gasteiger partial charge >= 0.3 is 6.09 Å². The fourth-order valence-electron chi connectivity index (χ4n) is 2.21. The van der Waals surface area contributed by atoms with E-state index in [0.717, 1.165) is 25.7 Å². The molecule has 17 heavy (non-hydrogen) atoms. The van der Waals surface area contributed by atoms with Gasteiger partial charge in [0.2, 0.25) is 0 Å². The van der Waals surface area contributed by atoms with Crippen molar-refractivity contribution in [3.63, 3.8) is 0 Å². The standard InChI is InChI=1S/C13H25NO3/c1-9(10-5-7-11(15)8-6-10)14-12(16)17-13(2,3)4/h9-11,15H,5-8H2,1-4H3,(H,14,16)/t9-,10?,11?/m1/s1. The van der Waals surface area contributed by atoms with Gasteiger partial charge in [-0.3, -0.25) is 0 Å². The van der Waals surface area contributed by atoms with E-state index in [1.165, 1.54) is 0 Å². The van der Waals surface area contributed by atoms with Gasteiger partial charge in [-0.1, -0.05) is 0 Å². The number of rotatable bonds is 2. The summed E-state index contributed by atoms with van der Waals surface area (Å²) in [6.07, 6.45) is 3.11. The van der Waals surface area contributed by atoms with Gasteiger partial charge in [-0.25, -0.2) is 4.79 Å². The predicted molar refractivity (Wildman–Crippen MR) is 66.8 cm³/mol. The molecule has 2 N–H and O–H groups in total. The lowest BCUT2D eigenvalue weighted by molar-refractivity contribution is 0.0462. The average molecular weight is 243 g/mol. The Balaban J connectivity index is 2.33. The highest BCUT2D eigenvalue weighted by atomic mass is 16.6. The number of aliphatic hydroxyl groups is 1. The van der Waals surface area contributed by atoms with Gasteiger partial charge in [-0.15, -0.1) is 0 Å². The molecule has 100 valence electrons. The highest BCUT2D eigenvalue weighted by molar-refractivity contribution is 5.68. The lowest BCUT2D eigenvalue weighted by atomic mass is 9.83. The normalized spacial score (nSPS) is 27.4. The summed E-state index contributed by atoms with van der Waals surface area (Å²) in [5.41, 5.74) is -0.452. The van der Waals surface area contributed by atoms with Crippen LogP contribution in [0.4, 0.5) is 4.79 Å². The molecule has 0 radical (unpaired) electrons. The van der Waals surface area contributed by atoms with Crippen molar-refractivity contribution in [3.8, 4) is 0 Å². The molecule has 0 unspecified atom stereocenters. The van der Waals surface area contributed by atoms with Crippen molar-refractivity contribution < 1.29 is 14.6 Å². The van der Waals surface area contributed by atoms with Crippen LogP contribution in [0.2, 0.25) is 0 Å². The summed E-state index contributed by atoms with van der Waals surface area (Å²) in [7, 11) is 0. The zero-order valence-electron chi connectivity index (χ0n) is 11.3. The Bertz CT molecular complexity index is 252. The molecule has 0 spiro atoms. The predicted octanol–water partition coefficient (Wildman–Crippen LogP) is 2.45. The van der Waals surface area contributed by atoms with E-state index in [1.54, 1.807) is 0 Å². The smallest absolute Gasteiger partial charge is 0.407 e. The quantitative estimate of drug-likeness (QED) is 0.783. The SMILES string of the molecule is C[C@@H](NC(=O)OC(C)(C)C)C1CCC(O)CC1. The summed E-state index contributed by atoms with van der Waals surface area (Å²) in [6.45, 7) is 7.57. The van der Waals surface area contributed by atoms with Crippen LogP contribution in [0.25, 0.3) is 0 Å². The van der Waals surface area contributed by atoms with Gasteiger partial charge in [0.05, 0.1) is 6.10 Å². The Kier molecular flexibility index (Phi) is 4.80. The first-order chi connectivity index (χ1) is 7.78. The number of hydrogen-bond donors (Lipinski definition) is 2. The number of nitrogens with one attached hydrogen (secondary N) is 1. The summed E-state index contributed by atoms with van der Waals surface area (Å²) in [4.78, 5) is 11.6. The highest BCUT2D eigenvalue weighted by Gasteiger charge is 2.26. The first-order valence-electron chi connectivity index (χ1n) is 6.45. The number of amides is 1. The summed E-state index contributed by atoms with van der Waals surface area (Å²) in [5, 5.41) is 12.3. The molecule has 1 aliphatic carbocycles. The number of ether oxygens (including phenoxy) is 1. The van der Waals surface area contributed by atoms with Crippen molar-refractivity contribution in [2.24, 2.45) is 5.92 Å². The summed E-state index contributed by atoms with van der Waals surface area (Å²) in [5.74, 6) is 0.450. The van der Waals surface area contributed by atoms with Crippen molar-refractivity contribution in [3.05, 3.63) is 0 Å². The second-order valence-electron chi connectivity index (χ2n) is 6.00. The van der Waals surface area contributed by atoms with Crippen LogP contribution < -0.4 is 5.32 Å². The van der Waals surface area contributed by atoms with Crippen molar-refractivity contribution in [2.75, 3.05) is 0 Å². The first kappa shape index (κ1) is 14.3. The molecule has 0 aromatic rings. The van der Waals surface area contributed by atoms with E-state index in [9.17, 15) is 9.90 Å². The number of aliphatic hydroxyl groups excluding tert-OH is 1. The van der Waals surface area contributed by atoms with Crippen LogP contribution in [-0.4, -0.2) is 28.9 Å². The van der Waals surface area contributed by atoms with E-state index in [0.29, 0.717) is 5.92 Å². The molecule has 0 bridgehead atoms. The van der Waals surface area contributed by atoms with E-state index in [1.807, 2.05) is 27.7 Å². The Morgan fingerprint density at radius 3 is 2.29 bits per heavy atom. The molecule has 0 heterocycles. The largest absolute Gasteiger partial charge is 0.444 e. The molecule has 4 heteroatoms. The van der Waals surface area contributed by atoms with Crippen molar-refractivity contribution in [1.29, 1.82) is 0 Å². The zero-order chi connectivity index (χ0) is 13.1. The minimum absolute atomic E-state index is 0.109. The molecule has 0 aromatic carbocycles. The Morgan fingerprint density at radius 1 is 1.29 bits per heavy atom. The van der Waals surface area contributed by atoms with Crippen LogP contribution >= 0.6 is 0 Å². The number of carbonyl (C=O) groups is 1. The lowest BCUT2D eigenvalue weighted by Gasteiger charge is -2.31. The lowest BCUT2D eigenvalue weighted by Crippen LogP contribution is -2.42. The van der Waals surface area contributed by atoms with Gasteiger partial charge < -0.3 is 15.2 Å². The molecule has 0 aromatic heterocycles. The van der Waals surface area contributed by atoms with Crippen LogP contribution in [0.15, 0.2) is 0 Å². The third kappa shape index (κ3) is 5.39. The highest BCUT2D eigenvalue weighted by Crippen LogP contribution is 2.26. The maximum absolute atomic E-state index is 11.6. The van der Waals surface area contributed by atoms with E-state index >= 15 is 0 Å². The van der Waals surface area contributed by atoms with E-state index in [-0.39, 0.29) is 18.2 Å². The topological polar surface area (TPSA) is 58.6 Å². The minimum atomic E-state index is -0.452.